The zero-order valence-electron chi connectivity index (χ0n) is 7.54. The van der Waals surface area contributed by atoms with E-state index in [-0.39, 0.29) is 0 Å². The van der Waals surface area contributed by atoms with E-state index in [1.54, 1.807) is 0 Å². The molecule has 0 atom stereocenters. The van der Waals surface area contributed by atoms with Crippen molar-refractivity contribution in [1.82, 2.24) is 0 Å². The molecule has 0 bridgehead atoms. The number of rotatable bonds is 2. The lowest BCUT2D eigenvalue weighted by Crippen LogP contribution is -2.14. The van der Waals surface area contributed by atoms with Crippen LogP contribution in [0.2, 0.25) is 5.02 Å². The predicted octanol–water partition coefficient (Wildman–Crippen LogP) is 3.92. The van der Waals surface area contributed by atoms with E-state index in [0.717, 1.165) is 12.1 Å². The number of ketones is 1. The Bertz CT molecular complexity index is 428. The van der Waals surface area contributed by atoms with Gasteiger partial charge in [-0.3, -0.25) is 4.79 Å². The van der Waals surface area contributed by atoms with E-state index < -0.39 is 39.8 Å². The minimum atomic E-state index is -4.95. The second-order valence-corrected chi connectivity index (χ2v) is 3.51. The first kappa shape index (κ1) is 13.3. The van der Waals surface area contributed by atoms with Gasteiger partial charge in [0.15, 0.2) is 5.78 Å². The molecule has 0 heterocycles. The van der Waals surface area contributed by atoms with Crippen LogP contribution in [0, 0.1) is 5.82 Å². The number of benzene rings is 1. The van der Waals surface area contributed by atoms with E-state index in [4.69, 9.17) is 23.2 Å². The molecule has 1 nitrogen and oxygen atoms in total. The molecule has 0 aliphatic carbocycles. The highest BCUT2D eigenvalue weighted by Crippen LogP contribution is 2.37. The third-order valence-electron chi connectivity index (χ3n) is 1.80. The summed E-state index contributed by atoms with van der Waals surface area (Å²) in [6.07, 6.45) is -4.95. The summed E-state index contributed by atoms with van der Waals surface area (Å²) in [4.78, 5) is 11.0. The molecule has 1 rings (SSSR count). The van der Waals surface area contributed by atoms with Crippen LogP contribution < -0.4 is 0 Å². The fraction of sp³-hybridized carbons (Fsp3) is 0.222. The van der Waals surface area contributed by atoms with Crippen LogP contribution >= 0.6 is 23.2 Å². The summed E-state index contributed by atoms with van der Waals surface area (Å²) in [6.45, 7) is 0. The van der Waals surface area contributed by atoms with Crippen molar-refractivity contribution in [1.29, 1.82) is 0 Å². The number of hydrogen-bond donors (Lipinski definition) is 0. The Morgan fingerprint density at radius 3 is 2.31 bits per heavy atom. The lowest BCUT2D eigenvalue weighted by Gasteiger charge is -2.11. The van der Waals surface area contributed by atoms with Crippen LogP contribution in [-0.4, -0.2) is 11.7 Å². The van der Waals surface area contributed by atoms with Gasteiger partial charge in [-0.15, -0.1) is 11.6 Å². The van der Waals surface area contributed by atoms with Gasteiger partial charge in [0.05, 0.1) is 16.5 Å². The standard InChI is InChI=1S/C9H4Cl2F4O/c10-3-6(16)4-1-2-5(11)7(8(4)12)9(13,14)15/h1-2H,3H2. The van der Waals surface area contributed by atoms with Crippen molar-refractivity contribution in [3.05, 3.63) is 34.1 Å². The molecule has 88 valence electrons. The molecular weight excluding hydrogens is 271 g/mol. The second kappa shape index (κ2) is 4.59. The second-order valence-electron chi connectivity index (χ2n) is 2.84. The fourth-order valence-corrected chi connectivity index (χ4v) is 1.50. The fourth-order valence-electron chi connectivity index (χ4n) is 1.10. The van der Waals surface area contributed by atoms with Crippen molar-refractivity contribution < 1.29 is 22.4 Å². The highest BCUT2D eigenvalue weighted by atomic mass is 35.5. The maximum atomic E-state index is 13.4. The number of carbonyl (C=O) groups is 1. The van der Waals surface area contributed by atoms with Crippen LogP contribution in [0.15, 0.2) is 12.1 Å². The molecule has 7 heteroatoms. The van der Waals surface area contributed by atoms with Crippen molar-refractivity contribution in [2.75, 3.05) is 5.88 Å². The van der Waals surface area contributed by atoms with E-state index in [2.05, 4.69) is 0 Å². The highest BCUT2D eigenvalue weighted by Gasteiger charge is 2.38. The normalized spacial score (nSPS) is 11.6. The Morgan fingerprint density at radius 1 is 1.31 bits per heavy atom. The SMILES string of the molecule is O=C(CCl)c1ccc(Cl)c(C(F)(F)F)c1F. The summed E-state index contributed by atoms with van der Waals surface area (Å²) >= 11 is 10.4. The zero-order valence-corrected chi connectivity index (χ0v) is 9.05. The van der Waals surface area contributed by atoms with Crippen molar-refractivity contribution in [2.24, 2.45) is 0 Å². The van der Waals surface area contributed by atoms with Crippen LogP contribution in [0.1, 0.15) is 15.9 Å². The summed E-state index contributed by atoms with van der Waals surface area (Å²) in [7, 11) is 0. The summed E-state index contributed by atoms with van der Waals surface area (Å²) in [5.41, 5.74) is -2.36. The molecule has 0 aliphatic heterocycles. The summed E-state index contributed by atoms with van der Waals surface area (Å²) in [5.74, 6) is -3.22. The van der Waals surface area contributed by atoms with Crippen LogP contribution in [0.5, 0.6) is 0 Å². The van der Waals surface area contributed by atoms with Gasteiger partial charge in [-0.05, 0) is 12.1 Å². The van der Waals surface area contributed by atoms with Crippen LogP contribution in [0.25, 0.3) is 0 Å². The quantitative estimate of drug-likeness (QED) is 0.454. The minimum absolute atomic E-state index is 0.601. The average molecular weight is 275 g/mol. The van der Waals surface area contributed by atoms with Crippen molar-refractivity contribution in [2.45, 2.75) is 6.18 Å². The van der Waals surface area contributed by atoms with Gasteiger partial charge in [0.25, 0.3) is 0 Å². The molecular formula is C9H4Cl2F4O. The molecule has 0 radical (unpaired) electrons. The summed E-state index contributed by atoms with van der Waals surface area (Å²) in [5, 5.41) is -0.795. The van der Waals surface area contributed by atoms with Gasteiger partial charge in [0, 0.05) is 0 Å². The average Bonchev–Trinajstić information content (AvgIpc) is 2.14. The summed E-state index contributed by atoms with van der Waals surface area (Å²) in [6, 6.07) is 1.69. The predicted molar refractivity (Wildman–Crippen MR) is 51.5 cm³/mol. The highest BCUT2D eigenvalue weighted by molar-refractivity contribution is 6.32. The third-order valence-corrected chi connectivity index (χ3v) is 2.35. The Morgan fingerprint density at radius 2 is 1.88 bits per heavy atom. The molecule has 0 N–H and O–H groups in total. The Kier molecular flexibility index (Phi) is 3.80. The monoisotopic (exact) mass is 274 g/mol. The first-order chi connectivity index (χ1) is 7.29. The van der Waals surface area contributed by atoms with Gasteiger partial charge in [-0.2, -0.15) is 13.2 Å². The van der Waals surface area contributed by atoms with E-state index >= 15 is 0 Å². The first-order valence-corrected chi connectivity index (χ1v) is 4.84. The molecule has 1 aromatic carbocycles. The molecule has 0 amide bonds. The molecule has 0 unspecified atom stereocenters. The van der Waals surface area contributed by atoms with Gasteiger partial charge < -0.3 is 0 Å². The molecule has 0 spiro atoms. The third kappa shape index (κ3) is 2.47. The maximum Gasteiger partial charge on any atom is 0.420 e. The molecule has 0 aromatic heterocycles. The number of halogens is 6. The van der Waals surface area contributed by atoms with E-state index in [1.165, 1.54) is 0 Å². The molecule has 0 fully saturated rings. The van der Waals surface area contributed by atoms with Crippen LogP contribution in [-0.2, 0) is 6.18 Å². The smallest absolute Gasteiger partial charge is 0.293 e. The first-order valence-electron chi connectivity index (χ1n) is 3.93. The van der Waals surface area contributed by atoms with Gasteiger partial charge in [-0.1, -0.05) is 11.6 Å². The van der Waals surface area contributed by atoms with E-state index in [9.17, 15) is 22.4 Å². The number of alkyl halides is 4. The largest absolute Gasteiger partial charge is 0.420 e. The lowest BCUT2D eigenvalue weighted by molar-refractivity contribution is -0.139. The molecule has 1 aromatic rings. The van der Waals surface area contributed by atoms with Crippen LogP contribution in [0.3, 0.4) is 0 Å². The van der Waals surface area contributed by atoms with E-state index in [1.807, 2.05) is 0 Å². The molecule has 0 saturated carbocycles. The van der Waals surface area contributed by atoms with Crippen molar-refractivity contribution in [3.8, 4) is 0 Å². The molecule has 0 saturated heterocycles. The van der Waals surface area contributed by atoms with Crippen molar-refractivity contribution in [3.63, 3.8) is 0 Å². The van der Waals surface area contributed by atoms with Crippen molar-refractivity contribution >= 4 is 29.0 Å². The minimum Gasteiger partial charge on any atom is -0.293 e. The maximum absolute atomic E-state index is 13.4. The number of Topliss-reactive ketones (excluding diaryl/α,β-unsaturated/α-hetero) is 1. The van der Waals surface area contributed by atoms with Crippen LogP contribution in [0.4, 0.5) is 17.6 Å². The zero-order chi connectivity index (χ0) is 12.5. The topological polar surface area (TPSA) is 17.1 Å². The molecule has 16 heavy (non-hydrogen) atoms. The van der Waals surface area contributed by atoms with Gasteiger partial charge in [0.2, 0.25) is 0 Å². The van der Waals surface area contributed by atoms with E-state index in [0.29, 0.717) is 0 Å². The Balaban J connectivity index is 3.45. The number of carbonyl (C=O) groups excluding carboxylic acids is 1. The summed E-state index contributed by atoms with van der Waals surface area (Å²) < 4.78 is 50.5. The number of hydrogen-bond acceptors (Lipinski definition) is 1. The Hall–Kier alpha value is -0.810. The lowest BCUT2D eigenvalue weighted by atomic mass is 10.1. The molecule has 0 aliphatic rings. The van der Waals surface area contributed by atoms with Gasteiger partial charge in [-0.25, -0.2) is 4.39 Å². The van der Waals surface area contributed by atoms with Gasteiger partial charge in [0.1, 0.15) is 11.4 Å². The Labute approximate surface area is 98.0 Å². The van der Waals surface area contributed by atoms with Gasteiger partial charge >= 0.3 is 6.18 Å².